The van der Waals surface area contributed by atoms with Crippen molar-refractivity contribution in [2.75, 3.05) is 26.7 Å². The predicted octanol–water partition coefficient (Wildman–Crippen LogP) is 0.585. The molecule has 0 bridgehead atoms. The van der Waals surface area contributed by atoms with Crippen LogP contribution in [0.2, 0.25) is 0 Å². The summed E-state index contributed by atoms with van der Waals surface area (Å²) in [5, 5.41) is 8.31. The van der Waals surface area contributed by atoms with Crippen LogP contribution in [0.4, 0.5) is 0 Å². The highest BCUT2D eigenvalue weighted by atomic mass is 35.5. The van der Waals surface area contributed by atoms with Gasteiger partial charge in [0.2, 0.25) is 0 Å². The summed E-state index contributed by atoms with van der Waals surface area (Å²) in [4.78, 5) is 12.1. The van der Waals surface area contributed by atoms with E-state index in [9.17, 15) is 4.79 Å². The molecule has 0 aromatic rings. The number of rotatable bonds is 6. The Morgan fingerprint density at radius 2 is 1.92 bits per heavy atom. The first-order valence-electron chi connectivity index (χ1n) is 3.77. The lowest BCUT2D eigenvalue weighted by atomic mass is 10.3. The molecule has 0 rings (SSSR count). The van der Waals surface area contributed by atoms with Gasteiger partial charge in [0.25, 0.3) is 0 Å². The Morgan fingerprint density at radius 3 is 2.31 bits per heavy atom. The summed E-state index contributed by atoms with van der Waals surface area (Å²) >= 11 is 0. The summed E-state index contributed by atoms with van der Waals surface area (Å²) in [7, 11) is 1.94. The number of hydrogen-bond acceptors (Lipinski definition) is 3. The van der Waals surface area contributed by atoms with E-state index in [1.165, 1.54) is 0 Å². The number of likely N-dealkylation sites (N-methyl/N-ethyl adjacent to an activating group) is 1. The Balaban J connectivity index is -0.000000500. The molecule has 0 aromatic carbocycles. The second-order valence-electron chi connectivity index (χ2n) is 2.59. The van der Waals surface area contributed by atoms with Crippen molar-refractivity contribution in [2.24, 2.45) is 5.73 Å². The maximum absolute atomic E-state index is 10.1. The topological polar surface area (TPSA) is 66.6 Å². The molecule has 0 aliphatic carbocycles. The molecule has 82 valence electrons. The van der Waals surface area contributed by atoms with Crippen molar-refractivity contribution in [3.05, 3.63) is 0 Å². The van der Waals surface area contributed by atoms with Crippen LogP contribution in [-0.4, -0.2) is 42.7 Å². The Kier molecular flexibility index (Phi) is 17.2. The minimum atomic E-state index is -0.730. The third kappa shape index (κ3) is 14.8. The molecule has 0 radical (unpaired) electrons. The summed E-state index contributed by atoms with van der Waals surface area (Å²) in [6.07, 6.45) is 0.945. The zero-order chi connectivity index (χ0) is 8.69. The molecule has 3 N–H and O–H groups in total. The Bertz CT molecular complexity index is 125. The molecule has 13 heavy (non-hydrogen) atoms. The Hall–Kier alpha value is -0.0300. The number of nitrogens with two attached hydrogens (primary N) is 1. The van der Waals surface area contributed by atoms with Crippen LogP contribution >= 0.6 is 24.8 Å². The third-order valence-electron chi connectivity index (χ3n) is 1.44. The molecular weight excluding hydrogens is 215 g/mol. The van der Waals surface area contributed by atoms with Gasteiger partial charge < -0.3 is 15.7 Å². The van der Waals surface area contributed by atoms with Crippen molar-refractivity contribution in [2.45, 2.75) is 12.8 Å². The molecule has 0 heterocycles. The first-order valence-corrected chi connectivity index (χ1v) is 3.77. The van der Waals surface area contributed by atoms with Crippen molar-refractivity contribution in [1.29, 1.82) is 0 Å². The molecule has 0 fully saturated rings. The lowest BCUT2D eigenvalue weighted by Gasteiger charge is -2.13. The molecule has 6 heteroatoms. The van der Waals surface area contributed by atoms with E-state index in [2.05, 4.69) is 0 Å². The van der Waals surface area contributed by atoms with Crippen LogP contribution in [0.25, 0.3) is 0 Å². The Labute approximate surface area is 91.3 Å². The summed E-state index contributed by atoms with van der Waals surface area (Å²) < 4.78 is 0. The van der Waals surface area contributed by atoms with Gasteiger partial charge in [0.05, 0.1) is 0 Å². The fourth-order valence-corrected chi connectivity index (χ4v) is 0.832. The highest BCUT2D eigenvalue weighted by Gasteiger charge is 1.99. The van der Waals surface area contributed by atoms with Crippen LogP contribution in [0.5, 0.6) is 0 Å². The van der Waals surface area contributed by atoms with Crippen LogP contribution in [0.1, 0.15) is 12.8 Å². The van der Waals surface area contributed by atoms with Gasteiger partial charge in [-0.2, -0.15) is 0 Å². The van der Waals surface area contributed by atoms with E-state index in [1.54, 1.807) is 0 Å². The normalized spacial score (nSPS) is 8.85. The molecule has 0 saturated heterocycles. The summed E-state index contributed by atoms with van der Waals surface area (Å²) in [6, 6.07) is 0. The molecule has 4 nitrogen and oxygen atoms in total. The van der Waals surface area contributed by atoms with Gasteiger partial charge in [-0.1, -0.05) is 0 Å². The zero-order valence-corrected chi connectivity index (χ0v) is 9.37. The predicted molar refractivity (Wildman–Crippen MR) is 57.9 cm³/mol. The standard InChI is InChI=1S/C7H16N2O2.2ClH/c1-9(6-4-8)5-2-3-7(10)11;;/h2-6,8H2,1H3,(H,10,11);2*1H. The number of hydrogen-bond donors (Lipinski definition) is 2. The van der Waals surface area contributed by atoms with Gasteiger partial charge in [0.15, 0.2) is 0 Å². The first kappa shape index (κ1) is 18.7. The lowest BCUT2D eigenvalue weighted by Crippen LogP contribution is -2.26. The van der Waals surface area contributed by atoms with Crippen LogP contribution < -0.4 is 5.73 Å². The SMILES string of the molecule is CN(CCN)CCCC(=O)O.Cl.Cl. The molecule has 0 saturated carbocycles. The van der Waals surface area contributed by atoms with Crippen molar-refractivity contribution >= 4 is 30.8 Å². The maximum atomic E-state index is 10.1. The number of halogens is 2. The number of nitrogens with zero attached hydrogens (tertiary/aromatic N) is 1. The molecule has 0 amide bonds. The molecule has 0 spiro atoms. The minimum absolute atomic E-state index is 0. The van der Waals surface area contributed by atoms with Crippen molar-refractivity contribution in [3.63, 3.8) is 0 Å². The van der Waals surface area contributed by atoms with E-state index in [4.69, 9.17) is 10.8 Å². The molecule has 0 aromatic heterocycles. The average molecular weight is 233 g/mol. The largest absolute Gasteiger partial charge is 0.481 e. The van der Waals surface area contributed by atoms with Gasteiger partial charge in [-0.15, -0.1) is 24.8 Å². The van der Waals surface area contributed by atoms with Gasteiger partial charge in [-0.05, 0) is 20.0 Å². The van der Waals surface area contributed by atoms with Gasteiger partial charge in [0, 0.05) is 19.5 Å². The van der Waals surface area contributed by atoms with Crippen molar-refractivity contribution in [1.82, 2.24) is 4.90 Å². The average Bonchev–Trinajstić information content (AvgIpc) is 1.87. The van der Waals surface area contributed by atoms with Crippen LogP contribution in [0, 0.1) is 0 Å². The minimum Gasteiger partial charge on any atom is -0.481 e. The molecular formula is C7H18Cl2N2O2. The second kappa shape index (κ2) is 12.0. The van der Waals surface area contributed by atoms with Crippen molar-refractivity contribution in [3.8, 4) is 0 Å². The number of aliphatic carboxylic acids is 1. The van der Waals surface area contributed by atoms with E-state index in [0.717, 1.165) is 13.1 Å². The maximum Gasteiger partial charge on any atom is 0.303 e. The van der Waals surface area contributed by atoms with Crippen LogP contribution in [-0.2, 0) is 4.79 Å². The third-order valence-corrected chi connectivity index (χ3v) is 1.44. The zero-order valence-electron chi connectivity index (χ0n) is 7.73. The summed E-state index contributed by atoms with van der Waals surface area (Å²) in [6.45, 7) is 2.27. The quantitative estimate of drug-likeness (QED) is 0.704. The summed E-state index contributed by atoms with van der Waals surface area (Å²) in [5.41, 5.74) is 5.30. The summed E-state index contributed by atoms with van der Waals surface area (Å²) in [5.74, 6) is -0.730. The highest BCUT2D eigenvalue weighted by Crippen LogP contribution is 1.91. The highest BCUT2D eigenvalue weighted by molar-refractivity contribution is 5.85. The van der Waals surface area contributed by atoms with E-state index >= 15 is 0 Å². The first-order chi connectivity index (χ1) is 5.16. The number of carbonyl (C=O) groups is 1. The van der Waals surface area contributed by atoms with Crippen LogP contribution in [0.3, 0.4) is 0 Å². The van der Waals surface area contributed by atoms with E-state index in [0.29, 0.717) is 13.0 Å². The van der Waals surface area contributed by atoms with Gasteiger partial charge in [-0.25, -0.2) is 0 Å². The van der Waals surface area contributed by atoms with Gasteiger partial charge in [-0.3, -0.25) is 4.79 Å². The Morgan fingerprint density at radius 1 is 1.38 bits per heavy atom. The number of carboxylic acid groups (broad SMARTS) is 1. The fourth-order valence-electron chi connectivity index (χ4n) is 0.832. The molecule has 0 atom stereocenters. The van der Waals surface area contributed by atoms with Gasteiger partial charge in [0.1, 0.15) is 0 Å². The van der Waals surface area contributed by atoms with Crippen LogP contribution in [0.15, 0.2) is 0 Å². The monoisotopic (exact) mass is 232 g/mol. The van der Waals surface area contributed by atoms with Crippen molar-refractivity contribution < 1.29 is 9.90 Å². The molecule has 0 aliphatic rings. The fraction of sp³-hybridized carbons (Fsp3) is 0.857. The second-order valence-corrected chi connectivity index (χ2v) is 2.59. The van der Waals surface area contributed by atoms with E-state index < -0.39 is 5.97 Å². The van der Waals surface area contributed by atoms with E-state index in [-0.39, 0.29) is 31.2 Å². The smallest absolute Gasteiger partial charge is 0.303 e. The van der Waals surface area contributed by atoms with E-state index in [1.807, 2.05) is 11.9 Å². The molecule has 0 unspecified atom stereocenters. The molecule has 0 aliphatic heterocycles. The lowest BCUT2D eigenvalue weighted by molar-refractivity contribution is -0.137. The van der Waals surface area contributed by atoms with Gasteiger partial charge >= 0.3 is 5.97 Å². The number of carboxylic acids is 1.